The van der Waals surface area contributed by atoms with E-state index in [-0.39, 0.29) is 37.8 Å². The van der Waals surface area contributed by atoms with Gasteiger partial charge in [-0.15, -0.1) is 11.3 Å². The summed E-state index contributed by atoms with van der Waals surface area (Å²) in [5, 5.41) is 12.7. The minimum absolute atomic E-state index is 0.115. The number of thiazole rings is 1. The summed E-state index contributed by atoms with van der Waals surface area (Å²) in [4.78, 5) is 32.5. The van der Waals surface area contributed by atoms with Gasteiger partial charge in [-0.2, -0.15) is 0 Å². The number of carbonyl (C=O) groups is 2. The van der Waals surface area contributed by atoms with Crippen molar-refractivity contribution < 1.29 is 33.6 Å². The number of halogens is 1. The van der Waals surface area contributed by atoms with Gasteiger partial charge in [0.2, 0.25) is 0 Å². The number of hydrogen-bond acceptors (Lipinski definition) is 9. The van der Waals surface area contributed by atoms with Gasteiger partial charge >= 0.3 is 5.97 Å². The first-order chi connectivity index (χ1) is 19.1. The molecule has 0 radical (unpaired) electrons. The fourth-order valence-corrected chi connectivity index (χ4v) is 5.54. The number of rotatable bonds is 10. The van der Waals surface area contributed by atoms with Crippen LogP contribution in [0.15, 0.2) is 41.8 Å². The third-order valence-corrected chi connectivity index (χ3v) is 7.64. The first kappa shape index (κ1) is 29.8. The maximum atomic E-state index is 14.2. The van der Waals surface area contributed by atoms with Crippen LogP contribution in [0.5, 0.6) is 11.5 Å². The van der Waals surface area contributed by atoms with Gasteiger partial charge in [0.1, 0.15) is 12.2 Å². The van der Waals surface area contributed by atoms with Gasteiger partial charge in [0.15, 0.2) is 17.2 Å². The Morgan fingerprint density at radius 3 is 2.65 bits per heavy atom. The van der Waals surface area contributed by atoms with Crippen LogP contribution in [0.25, 0.3) is 0 Å². The summed E-state index contributed by atoms with van der Waals surface area (Å²) in [5.41, 5.74) is 1.50. The molecule has 2 atom stereocenters. The van der Waals surface area contributed by atoms with Gasteiger partial charge in [-0.25, -0.2) is 9.78 Å². The zero-order valence-electron chi connectivity index (χ0n) is 23.1. The molecule has 2 heterocycles. The van der Waals surface area contributed by atoms with E-state index in [1.165, 1.54) is 11.3 Å². The van der Waals surface area contributed by atoms with E-state index in [4.69, 9.17) is 30.5 Å². The van der Waals surface area contributed by atoms with Gasteiger partial charge < -0.3 is 29.0 Å². The predicted molar refractivity (Wildman–Crippen MR) is 153 cm³/mol. The van der Waals surface area contributed by atoms with E-state index in [2.05, 4.69) is 4.98 Å². The molecular formula is C29H33ClN2O7S. The summed E-state index contributed by atoms with van der Waals surface area (Å²) in [5.74, 6) is 0.152. The molecule has 4 rings (SSSR count). The standard InChI is InChI=1S/C29H33ClN2O7S/c1-6-38-28(35)20-14-40-24(31-20)13-23-27(34)32(15-29(2,3)16-33)21-11-10-17(30)12-19(21)25(39-23)18-8-7-9-22(36-4)26(18)37-5/h7-12,14,23,25,33H,6,13,15-16H2,1-5H3/t23-,25-/m1/s1. The Labute approximate surface area is 242 Å². The van der Waals surface area contributed by atoms with Crippen LogP contribution in [0.3, 0.4) is 0 Å². The highest BCUT2D eigenvalue weighted by Crippen LogP contribution is 2.45. The number of fused-ring (bicyclic) bond motifs is 1. The van der Waals surface area contributed by atoms with Crippen LogP contribution in [0.2, 0.25) is 5.02 Å². The van der Waals surface area contributed by atoms with Crippen LogP contribution in [0, 0.1) is 5.41 Å². The summed E-state index contributed by atoms with van der Waals surface area (Å²) in [6.45, 7) is 5.81. The maximum Gasteiger partial charge on any atom is 0.357 e. The fourth-order valence-electron chi connectivity index (χ4n) is 4.57. The van der Waals surface area contributed by atoms with Gasteiger partial charge in [-0.1, -0.05) is 37.6 Å². The van der Waals surface area contributed by atoms with Crippen molar-refractivity contribution >= 4 is 40.5 Å². The number of methoxy groups -OCH3 is 2. The third-order valence-electron chi connectivity index (χ3n) is 6.53. The minimum atomic E-state index is -0.984. The Morgan fingerprint density at radius 1 is 1.20 bits per heavy atom. The quantitative estimate of drug-likeness (QED) is 0.327. The molecule has 11 heteroatoms. The summed E-state index contributed by atoms with van der Waals surface area (Å²) >= 11 is 7.73. The maximum absolute atomic E-state index is 14.2. The van der Waals surface area contributed by atoms with Crippen molar-refractivity contribution in [3.63, 3.8) is 0 Å². The summed E-state index contributed by atoms with van der Waals surface area (Å²) in [7, 11) is 3.09. The second-order valence-electron chi connectivity index (χ2n) is 10.1. The highest BCUT2D eigenvalue weighted by molar-refractivity contribution is 7.09. The Kier molecular flexibility index (Phi) is 9.35. The predicted octanol–water partition coefficient (Wildman–Crippen LogP) is 5.07. The second-order valence-corrected chi connectivity index (χ2v) is 11.5. The van der Waals surface area contributed by atoms with Crippen LogP contribution in [-0.2, 0) is 20.7 Å². The number of amides is 1. The molecule has 0 unspecified atom stereocenters. The van der Waals surface area contributed by atoms with Crippen LogP contribution in [0.1, 0.15) is 53.5 Å². The number of carbonyl (C=O) groups excluding carboxylic acids is 2. The molecule has 1 N–H and O–H groups in total. The first-order valence-corrected chi connectivity index (χ1v) is 14.1. The van der Waals surface area contributed by atoms with Gasteiger partial charge in [0, 0.05) is 52.2 Å². The molecule has 214 valence electrons. The lowest BCUT2D eigenvalue weighted by Crippen LogP contribution is -2.45. The highest BCUT2D eigenvalue weighted by Gasteiger charge is 2.40. The molecule has 40 heavy (non-hydrogen) atoms. The summed E-state index contributed by atoms with van der Waals surface area (Å²) in [6, 6.07) is 10.7. The Morgan fingerprint density at radius 2 is 1.98 bits per heavy atom. The Balaban J connectivity index is 1.86. The van der Waals surface area contributed by atoms with Gasteiger partial charge in [-0.3, -0.25) is 4.79 Å². The number of aromatic nitrogens is 1. The highest BCUT2D eigenvalue weighted by atomic mass is 35.5. The fraction of sp³-hybridized carbons (Fsp3) is 0.414. The average molecular weight is 589 g/mol. The van der Waals surface area contributed by atoms with Crippen LogP contribution in [-0.4, -0.2) is 62.0 Å². The number of ether oxygens (including phenoxy) is 4. The van der Waals surface area contributed by atoms with Crippen LogP contribution >= 0.6 is 22.9 Å². The molecule has 0 fully saturated rings. The van der Waals surface area contributed by atoms with E-state index in [0.717, 1.165) is 0 Å². The van der Waals surface area contributed by atoms with Gasteiger partial charge in [0.25, 0.3) is 5.91 Å². The van der Waals surface area contributed by atoms with Crippen molar-refractivity contribution in [3.05, 3.63) is 68.6 Å². The number of aliphatic hydroxyl groups excluding tert-OH is 1. The summed E-state index contributed by atoms with van der Waals surface area (Å²) < 4.78 is 23.0. The van der Waals surface area contributed by atoms with E-state index in [9.17, 15) is 14.7 Å². The van der Waals surface area contributed by atoms with Crippen molar-refractivity contribution in [1.29, 1.82) is 0 Å². The monoisotopic (exact) mass is 588 g/mol. The van der Waals surface area contributed by atoms with Crippen molar-refractivity contribution in [1.82, 2.24) is 4.98 Å². The third kappa shape index (κ3) is 6.25. The molecule has 2 aromatic carbocycles. The Bertz CT molecular complexity index is 1380. The normalized spacial score (nSPS) is 17.3. The topological polar surface area (TPSA) is 107 Å². The number of para-hydroxylation sites is 1. The number of esters is 1. The molecule has 1 aromatic heterocycles. The van der Waals surface area contributed by atoms with E-state index < -0.39 is 23.6 Å². The number of anilines is 1. The number of nitrogens with zero attached hydrogens (tertiary/aromatic N) is 2. The lowest BCUT2D eigenvalue weighted by atomic mass is 9.92. The van der Waals surface area contributed by atoms with E-state index in [1.807, 2.05) is 26.0 Å². The van der Waals surface area contributed by atoms with Crippen LogP contribution < -0.4 is 14.4 Å². The summed E-state index contributed by atoms with van der Waals surface area (Å²) in [6.07, 6.45) is -1.63. The van der Waals surface area contributed by atoms with E-state index in [1.54, 1.807) is 55.7 Å². The van der Waals surface area contributed by atoms with Gasteiger partial charge in [-0.05, 0) is 31.2 Å². The van der Waals surface area contributed by atoms with Crippen molar-refractivity contribution in [2.45, 2.75) is 39.4 Å². The smallest absolute Gasteiger partial charge is 0.357 e. The number of aliphatic hydroxyl groups is 1. The second kappa shape index (κ2) is 12.6. The largest absolute Gasteiger partial charge is 0.493 e. The van der Waals surface area contributed by atoms with Crippen molar-refractivity contribution in [2.75, 3.05) is 38.9 Å². The lowest BCUT2D eigenvalue weighted by molar-refractivity contribution is -0.132. The molecule has 0 bridgehead atoms. The SMILES string of the molecule is CCOC(=O)c1csc(C[C@H]2O[C@H](c3cccc(OC)c3OC)c3cc(Cl)ccc3N(CC(C)(C)CO)C2=O)n1. The number of benzene rings is 2. The molecule has 0 saturated carbocycles. The molecule has 9 nitrogen and oxygen atoms in total. The first-order valence-electron chi connectivity index (χ1n) is 12.8. The zero-order valence-corrected chi connectivity index (χ0v) is 24.7. The van der Waals surface area contributed by atoms with E-state index in [0.29, 0.717) is 38.3 Å². The average Bonchev–Trinajstić information content (AvgIpc) is 3.38. The number of hydrogen-bond donors (Lipinski definition) is 1. The molecule has 1 aliphatic heterocycles. The molecule has 1 amide bonds. The van der Waals surface area contributed by atoms with Crippen molar-refractivity contribution in [3.8, 4) is 11.5 Å². The van der Waals surface area contributed by atoms with Gasteiger partial charge in [0.05, 0.1) is 25.8 Å². The molecule has 0 spiro atoms. The lowest BCUT2D eigenvalue weighted by Gasteiger charge is -2.32. The van der Waals surface area contributed by atoms with Crippen molar-refractivity contribution in [2.24, 2.45) is 5.41 Å². The molecule has 3 aromatic rings. The van der Waals surface area contributed by atoms with Crippen LogP contribution in [0.4, 0.5) is 5.69 Å². The minimum Gasteiger partial charge on any atom is -0.493 e. The zero-order chi connectivity index (χ0) is 29.0. The molecule has 0 saturated heterocycles. The molecular weight excluding hydrogens is 556 g/mol. The Hall–Kier alpha value is -3.18. The molecule has 0 aliphatic carbocycles. The molecule has 1 aliphatic rings. The van der Waals surface area contributed by atoms with E-state index >= 15 is 0 Å².